The molecule has 7 nitrogen and oxygen atoms in total. The molecule has 1 saturated heterocycles. The van der Waals surface area contributed by atoms with E-state index in [2.05, 4.69) is 10.4 Å². The molecule has 1 atom stereocenters. The SMILES string of the molecule is COC(=O)c1ccccc1-n1ncc(NC2CCOC3(CCCC3)C2)c(Cl)c1=O. The standard InChI is InChI=1S/C21H24ClN3O4/c1-28-20(27)15-6-2-3-7-17(15)25-19(26)18(22)16(13-23-25)24-14-8-11-29-21(12-14)9-4-5-10-21/h2-3,6-7,13-14,24H,4-5,8-12H2,1H3. The van der Waals surface area contributed by atoms with E-state index in [1.165, 1.54) is 26.1 Å². The van der Waals surface area contributed by atoms with Crippen LogP contribution in [0.5, 0.6) is 0 Å². The van der Waals surface area contributed by atoms with Gasteiger partial charge >= 0.3 is 5.97 Å². The van der Waals surface area contributed by atoms with Gasteiger partial charge in [-0.25, -0.2) is 4.79 Å². The van der Waals surface area contributed by atoms with Crippen LogP contribution in [0.15, 0.2) is 35.3 Å². The normalized spacial score (nSPS) is 20.6. The maximum absolute atomic E-state index is 12.9. The van der Waals surface area contributed by atoms with Crippen molar-refractivity contribution in [3.63, 3.8) is 0 Å². The monoisotopic (exact) mass is 417 g/mol. The topological polar surface area (TPSA) is 82.5 Å². The Kier molecular flexibility index (Phi) is 5.61. The molecule has 0 amide bonds. The number of nitrogens with zero attached hydrogens (tertiary/aromatic N) is 2. The van der Waals surface area contributed by atoms with Crippen LogP contribution in [0.25, 0.3) is 5.69 Å². The van der Waals surface area contributed by atoms with E-state index in [-0.39, 0.29) is 22.2 Å². The van der Waals surface area contributed by atoms with Crippen molar-refractivity contribution >= 4 is 23.3 Å². The Morgan fingerprint density at radius 1 is 1.34 bits per heavy atom. The van der Waals surface area contributed by atoms with Gasteiger partial charge in [-0.2, -0.15) is 9.78 Å². The molecule has 154 valence electrons. The molecule has 1 aliphatic heterocycles. The fourth-order valence-electron chi connectivity index (χ4n) is 4.38. The first-order valence-corrected chi connectivity index (χ1v) is 10.3. The van der Waals surface area contributed by atoms with Crippen molar-refractivity contribution < 1.29 is 14.3 Å². The van der Waals surface area contributed by atoms with Crippen molar-refractivity contribution in [2.24, 2.45) is 0 Å². The van der Waals surface area contributed by atoms with E-state index in [4.69, 9.17) is 21.1 Å². The highest BCUT2D eigenvalue weighted by Gasteiger charge is 2.40. The summed E-state index contributed by atoms with van der Waals surface area (Å²) in [6.45, 7) is 0.701. The second kappa shape index (κ2) is 8.16. The number of hydrogen-bond acceptors (Lipinski definition) is 6. The van der Waals surface area contributed by atoms with E-state index in [0.717, 1.165) is 30.4 Å². The van der Waals surface area contributed by atoms with Crippen LogP contribution in [-0.4, -0.2) is 41.1 Å². The zero-order valence-electron chi connectivity index (χ0n) is 16.3. The highest BCUT2D eigenvalue weighted by Crippen LogP contribution is 2.40. The number of ether oxygens (including phenoxy) is 2. The Hall–Kier alpha value is -2.38. The molecule has 1 aromatic heterocycles. The molecule has 0 bridgehead atoms. The molecule has 1 aromatic carbocycles. The van der Waals surface area contributed by atoms with Crippen molar-refractivity contribution in [1.29, 1.82) is 0 Å². The van der Waals surface area contributed by atoms with E-state index in [9.17, 15) is 9.59 Å². The molecular formula is C21H24ClN3O4. The lowest BCUT2D eigenvalue weighted by Crippen LogP contribution is -2.42. The number of aromatic nitrogens is 2. The van der Waals surface area contributed by atoms with Crippen LogP contribution >= 0.6 is 11.6 Å². The van der Waals surface area contributed by atoms with E-state index < -0.39 is 11.5 Å². The number of anilines is 1. The Bertz CT molecular complexity index is 969. The number of benzene rings is 1. The molecule has 2 fully saturated rings. The van der Waals surface area contributed by atoms with Crippen LogP contribution in [0, 0.1) is 0 Å². The fraction of sp³-hybridized carbons (Fsp3) is 0.476. The van der Waals surface area contributed by atoms with Crippen molar-refractivity contribution in [1.82, 2.24) is 9.78 Å². The third-order valence-corrected chi connectivity index (χ3v) is 6.19. The van der Waals surface area contributed by atoms with Gasteiger partial charge < -0.3 is 14.8 Å². The summed E-state index contributed by atoms with van der Waals surface area (Å²) in [5, 5.41) is 7.70. The summed E-state index contributed by atoms with van der Waals surface area (Å²) >= 11 is 6.40. The number of esters is 1. The Balaban J connectivity index is 1.60. The third-order valence-electron chi connectivity index (χ3n) is 5.82. The Morgan fingerprint density at radius 2 is 2.10 bits per heavy atom. The minimum atomic E-state index is -0.545. The summed E-state index contributed by atoms with van der Waals surface area (Å²) < 4.78 is 12.0. The number of rotatable bonds is 4. The first-order chi connectivity index (χ1) is 14.0. The molecule has 1 aliphatic carbocycles. The number of carbonyl (C=O) groups excluding carboxylic acids is 1. The number of halogens is 1. The Labute approximate surface area is 174 Å². The van der Waals surface area contributed by atoms with Crippen LogP contribution < -0.4 is 10.9 Å². The average molecular weight is 418 g/mol. The molecule has 8 heteroatoms. The van der Waals surface area contributed by atoms with Crippen molar-refractivity contribution in [3.05, 3.63) is 51.4 Å². The largest absolute Gasteiger partial charge is 0.465 e. The van der Waals surface area contributed by atoms with E-state index in [1.54, 1.807) is 24.3 Å². The Morgan fingerprint density at radius 3 is 2.86 bits per heavy atom. The van der Waals surface area contributed by atoms with Crippen molar-refractivity contribution in [3.8, 4) is 5.69 Å². The number of carbonyl (C=O) groups is 1. The second-order valence-electron chi connectivity index (χ2n) is 7.67. The first-order valence-electron chi connectivity index (χ1n) is 9.89. The van der Waals surface area contributed by atoms with Gasteiger partial charge in [-0.15, -0.1) is 0 Å². The minimum absolute atomic E-state index is 0.0374. The van der Waals surface area contributed by atoms with Crippen LogP contribution in [0.2, 0.25) is 5.02 Å². The number of para-hydroxylation sites is 1. The molecule has 4 rings (SSSR count). The molecule has 2 heterocycles. The summed E-state index contributed by atoms with van der Waals surface area (Å²) in [7, 11) is 1.29. The van der Waals surface area contributed by atoms with Gasteiger partial charge in [0.05, 0.1) is 35.8 Å². The lowest BCUT2D eigenvalue weighted by Gasteiger charge is -2.39. The van der Waals surface area contributed by atoms with Gasteiger partial charge in [-0.3, -0.25) is 4.79 Å². The van der Waals surface area contributed by atoms with Crippen molar-refractivity contribution in [2.45, 2.75) is 50.2 Å². The number of methoxy groups -OCH3 is 1. The molecule has 1 N–H and O–H groups in total. The van der Waals surface area contributed by atoms with Gasteiger partial charge in [0.15, 0.2) is 0 Å². The van der Waals surface area contributed by atoms with Gasteiger partial charge in [0.2, 0.25) is 0 Å². The molecule has 1 spiro atoms. The number of nitrogens with one attached hydrogen (secondary N) is 1. The van der Waals surface area contributed by atoms with Crippen molar-refractivity contribution in [2.75, 3.05) is 19.0 Å². The highest BCUT2D eigenvalue weighted by molar-refractivity contribution is 6.33. The molecule has 2 aliphatic rings. The van der Waals surface area contributed by atoms with Gasteiger partial charge in [-0.05, 0) is 37.8 Å². The zero-order chi connectivity index (χ0) is 20.4. The van der Waals surface area contributed by atoms with Crippen LogP contribution in [0.3, 0.4) is 0 Å². The van der Waals surface area contributed by atoms with Gasteiger partial charge in [0, 0.05) is 12.6 Å². The average Bonchev–Trinajstić information content (AvgIpc) is 3.18. The quantitative estimate of drug-likeness (QED) is 0.765. The highest BCUT2D eigenvalue weighted by atomic mass is 35.5. The predicted octanol–water partition coefficient (Wildman–Crippen LogP) is 3.58. The van der Waals surface area contributed by atoms with Gasteiger partial charge in [0.25, 0.3) is 5.56 Å². The molecule has 1 saturated carbocycles. The minimum Gasteiger partial charge on any atom is -0.465 e. The van der Waals surface area contributed by atoms with Crippen LogP contribution in [0.4, 0.5) is 5.69 Å². The lowest BCUT2D eigenvalue weighted by atomic mass is 9.89. The zero-order valence-corrected chi connectivity index (χ0v) is 17.1. The second-order valence-corrected chi connectivity index (χ2v) is 8.05. The summed E-state index contributed by atoms with van der Waals surface area (Å²) in [6, 6.07) is 6.81. The fourth-order valence-corrected chi connectivity index (χ4v) is 4.57. The van der Waals surface area contributed by atoms with Crippen LogP contribution in [-0.2, 0) is 9.47 Å². The predicted molar refractivity (Wildman–Crippen MR) is 110 cm³/mol. The smallest absolute Gasteiger partial charge is 0.340 e. The van der Waals surface area contributed by atoms with E-state index in [1.807, 2.05) is 0 Å². The molecule has 29 heavy (non-hydrogen) atoms. The first kappa shape index (κ1) is 19.9. The van der Waals surface area contributed by atoms with E-state index in [0.29, 0.717) is 18.0 Å². The summed E-state index contributed by atoms with van der Waals surface area (Å²) in [5.41, 5.74) is 0.548. The van der Waals surface area contributed by atoms with Crippen LogP contribution in [0.1, 0.15) is 48.9 Å². The summed E-state index contributed by atoms with van der Waals surface area (Å²) in [4.78, 5) is 24.9. The molecule has 2 aromatic rings. The molecule has 1 unspecified atom stereocenters. The summed E-state index contributed by atoms with van der Waals surface area (Å²) in [6.07, 6.45) is 7.86. The molecular weight excluding hydrogens is 394 g/mol. The lowest BCUT2D eigenvalue weighted by molar-refractivity contribution is -0.0767. The summed E-state index contributed by atoms with van der Waals surface area (Å²) in [5.74, 6) is -0.545. The van der Waals surface area contributed by atoms with Gasteiger partial charge in [-0.1, -0.05) is 36.6 Å². The number of hydrogen-bond donors (Lipinski definition) is 1. The maximum Gasteiger partial charge on any atom is 0.340 e. The molecule has 0 radical (unpaired) electrons. The maximum atomic E-state index is 12.9. The van der Waals surface area contributed by atoms with E-state index >= 15 is 0 Å². The third kappa shape index (κ3) is 3.89. The van der Waals surface area contributed by atoms with Gasteiger partial charge in [0.1, 0.15) is 5.02 Å².